The zero-order chi connectivity index (χ0) is 14.1. The molecule has 0 saturated heterocycles. The molecule has 0 spiro atoms. The van der Waals surface area contributed by atoms with E-state index >= 15 is 0 Å². The number of carbonyl (C=O) groups excluding carboxylic acids is 3. The van der Waals surface area contributed by atoms with Gasteiger partial charge in [-0.3, -0.25) is 0 Å². The highest BCUT2D eigenvalue weighted by molar-refractivity contribution is 5.99. The molecular weight excluding hydrogens is 252 g/mol. The molecule has 0 aromatic carbocycles. The van der Waals surface area contributed by atoms with Gasteiger partial charge >= 0.3 is 30.0 Å². The third-order valence-corrected chi connectivity index (χ3v) is 1.09. The van der Waals surface area contributed by atoms with E-state index in [1.807, 2.05) is 0 Å². The lowest BCUT2D eigenvalue weighted by molar-refractivity contribution is -0.141. The molecule has 9 nitrogen and oxygen atoms in total. The fourth-order valence-corrected chi connectivity index (χ4v) is 0.532. The van der Waals surface area contributed by atoms with Crippen LogP contribution in [0.25, 0.3) is 0 Å². The summed E-state index contributed by atoms with van der Waals surface area (Å²) in [6, 6.07) is 0. The van der Waals surface area contributed by atoms with Gasteiger partial charge in [-0.1, -0.05) is 0 Å². The van der Waals surface area contributed by atoms with E-state index in [1.54, 1.807) is 0 Å². The summed E-state index contributed by atoms with van der Waals surface area (Å²) < 4.78 is 7.65. The van der Waals surface area contributed by atoms with Crippen LogP contribution in [0.2, 0.25) is 0 Å². The summed E-state index contributed by atoms with van der Waals surface area (Å²) in [5.74, 6) is -5.61. The number of ether oxygens (including phenoxy) is 2. The van der Waals surface area contributed by atoms with Gasteiger partial charge in [-0.25, -0.2) is 24.0 Å². The Bertz CT molecular complexity index is 403. The zero-order valence-electron chi connectivity index (χ0n) is 8.56. The molecule has 0 bridgehead atoms. The van der Waals surface area contributed by atoms with Gasteiger partial charge in [-0.15, -0.1) is 0 Å². The Balaban J connectivity index is 4.20. The lowest BCUT2D eigenvalue weighted by atomic mass is 10.5. The molecule has 0 aromatic rings. The maximum absolute atomic E-state index is 10.7. The standard InChI is InChI=1S/C9H6O9/c10-5(11)1-3-7(14)17-9(16)18-8(15)4-2-6(12)13/h1-4H,(H,10,11)(H,12,13)/b3-1-,4-2-. The highest BCUT2D eigenvalue weighted by Crippen LogP contribution is 1.91. The van der Waals surface area contributed by atoms with Crippen LogP contribution in [0.1, 0.15) is 0 Å². The molecule has 0 aromatic heterocycles. The number of rotatable bonds is 4. The molecule has 0 radical (unpaired) electrons. The first kappa shape index (κ1) is 15.0. The average molecular weight is 258 g/mol. The maximum atomic E-state index is 10.7. The van der Waals surface area contributed by atoms with Gasteiger partial charge in [-0.05, 0) is 0 Å². The van der Waals surface area contributed by atoms with Crippen molar-refractivity contribution in [2.24, 2.45) is 0 Å². The van der Waals surface area contributed by atoms with Gasteiger partial charge in [0.25, 0.3) is 0 Å². The molecule has 0 aliphatic rings. The van der Waals surface area contributed by atoms with Crippen molar-refractivity contribution >= 4 is 30.0 Å². The number of hydrogen-bond donors (Lipinski definition) is 2. The van der Waals surface area contributed by atoms with Crippen molar-refractivity contribution in [3.63, 3.8) is 0 Å². The van der Waals surface area contributed by atoms with E-state index in [0.717, 1.165) is 0 Å². The molecule has 96 valence electrons. The summed E-state index contributed by atoms with van der Waals surface area (Å²) in [6.07, 6.45) is -0.0682. The number of carbonyl (C=O) groups is 5. The second-order valence-electron chi connectivity index (χ2n) is 2.44. The second kappa shape index (κ2) is 7.33. The number of aliphatic carboxylic acids is 2. The zero-order valence-corrected chi connectivity index (χ0v) is 8.56. The van der Waals surface area contributed by atoms with Crippen LogP contribution in [0.3, 0.4) is 0 Å². The third kappa shape index (κ3) is 8.35. The summed E-state index contributed by atoms with van der Waals surface area (Å²) in [6.45, 7) is 0. The first-order valence-electron chi connectivity index (χ1n) is 4.11. The van der Waals surface area contributed by atoms with Crippen LogP contribution >= 0.6 is 0 Å². The van der Waals surface area contributed by atoms with Crippen molar-refractivity contribution in [1.82, 2.24) is 0 Å². The first-order valence-corrected chi connectivity index (χ1v) is 4.11. The van der Waals surface area contributed by atoms with E-state index in [1.165, 1.54) is 0 Å². The Morgan fingerprint density at radius 1 is 0.667 bits per heavy atom. The van der Waals surface area contributed by atoms with Crippen molar-refractivity contribution in [3.05, 3.63) is 24.3 Å². The average Bonchev–Trinajstić information content (AvgIpc) is 2.23. The van der Waals surface area contributed by atoms with Gasteiger partial charge < -0.3 is 19.7 Å². The molecular formula is C9H6O9. The van der Waals surface area contributed by atoms with Gasteiger partial charge in [0.05, 0.1) is 0 Å². The van der Waals surface area contributed by atoms with Crippen LogP contribution in [-0.4, -0.2) is 40.2 Å². The summed E-state index contributed by atoms with van der Waals surface area (Å²) >= 11 is 0. The predicted octanol–water partition coefficient (Wildman–Crippen LogP) is -0.526. The van der Waals surface area contributed by atoms with Gasteiger partial charge in [0.15, 0.2) is 0 Å². The molecule has 0 fully saturated rings. The number of esters is 2. The maximum Gasteiger partial charge on any atom is 0.524 e. The smallest absolute Gasteiger partial charge is 0.478 e. The first-order chi connectivity index (χ1) is 8.31. The third-order valence-electron chi connectivity index (χ3n) is 1.09. The lowest BCUT2D eigenvalue weighted by Gasteiger charge is -1.97. The fraction of sp³-hybridized carbons (Fsp3) is 0. The van der Waals surface area contributed by atoms with Crippen molar-refractivity contribution < 1.29 is 43.7 Å². The number of hydrogen-bond acceptors (Lipinski definition) is 7. The van der Waals surface area contributed by atoms with Crippen LogP contribution in [0, 0.1) is 0 Å². The van der Waals surface area contributed by atoms with E-state index in [0.29, 0.717) is 24.3 Å². The summed E-state index contributed by atoms with van der Waals surface area (Å²) in [5.41, 5.74) is 0. The van der Waals surface area contributed by atoms with Gasteiger partial charge in [-0.2, -0.15) is 0 Å². The predicted molar refractivity (Wildman–Crippen MR) is 51.1 cm³/mol. The van der Waals surface area contributed by atoms with Crippen LogP contribution in [0.5, 0.6) is 0 Å². The lowest BCUT2D eigenvalue weighted by Crippen LogP contribution is -2.15. The highest BCUT2D eigenvalue weighted by Gasteiger charge is 2.13. The van der Waals surface area contributed by atoms with E-state index < -0.39 is 30.0 Å². The minimum absolute atomic E-state index is 0.405. The highest BCUT2D eigenvalue weighted by atomic mass is 16.8. The molecule has 0 rings (SSSR count). The Labute approximate surface area is 98.9 Å². The quantitative estimate of drug-likeness (QED) is 0.386. The minimum atomic E-state index is -1.71. The van der Waals surface area contributed by atoms with Crippen molar-refractivity contribution in [1.29, 1.82) is 0 Å². The van der Waals surface area contributed by atoms with Crippen LogP contribution < -0.4 is 0 Å². The molecule has 0 amide bonds. The Hall–Kier alpha value is -2.97. The largest absolute Gasteiger partial charge is 0.524 e. The number of carboxylic acids is 2. The normalized spacial score (nSPS) is 10.2. The van der Waals surface area contributed by atoms with Gasteiger partial charge in [0.1, 0.15) is 0 Å². The molecule has 2 N–H and O–H groups in total. The summed E-state index contributed by atoms with van der Waals surface area (Å²) in [7, 11) is 0. The minimum Gasteiger partial charge on any atom is -0.478 e. The molecule has 18 heavy (non-hydrogen) atoms. The van der Waals surface area contributed by atoms with Crippen molar-refractivity contribution in [3.8, 4) is 0 Å². The molecule has 0 unspecified atom stereocenters. The van der Waals surface area contributed by atoms with Gasteiger partial charge in [0.2, 0.25) is 0 Å². The SMILES string of the molecule is O=C(O)/C=C\C(=O)OC(=O)OC(=O)/C=C\C(=O)O. The molecule has 9 heteroatoms. The molecule has 0 heterocycles. The van der Waals surface area contributed by atoms with Crippen molar-refractivity contribution in [2.75, 3.05) is 0 Å². The fourth-order valence-electron chi connectivity index (χ4n) is 0.532. The second-order valence-corrected chi connectivity index (χ2v) is 2.44. The van der Waals surface area contributed by atoms with Gasteiger partial charge in [0, 0.05) is 24.3 Å². The van der Waals surface area contributed by atoms with E-state index in [2.05, 4.69) is 9.47 Å². The monoisotopic (exact) mass is 258 g/mol. The molecule has 0 saturated carbocycles. The van der Waals surface area contributed by atoms with E-state index in [4.69, 9.17) is 10.2 Å². The molecule has 0 aliphatic heterocycles. The topological polar surface area (TPSA) is 144 Å². The summed E-state index contributed by atoms with van der Waals surface area (Å²) in [5, 5.41) is 16.3. The van der Waals surface area contributed by atoms with E-state index in [-0.39, 0.29) is 0 Å². The Morgan fingerprint density at radius 3 is 1.28 bits per heavy atom. The Morgan fingerprint density at radius 2 is 1.00 bits per heavy atom. The van der Waals surface area contributed by atoms with Crippen LogP contribution in [0.4, 0.5) is 4.79 Å². The number of carboxylic acid groups (broad SMARTS) is 2. The summed E-state index contributed by atoms with van der Waals surface area (Å²) in [4.78, 5) is 52.1. The van der Waals surface area contributed by atoms with Crippen LogP contribution in [-0.2, 0) is 28.7 Å². The molecule has 0 aliphatic carbocycles. The van der Waals surface area contributed by atoms with Crippen molar-refractivity contribution in [2.45, 2.75) is 0 Å². The Kier molecular flexibility index (Phi) is 6.12. The van der Waals surface area contributed by atoms with Crippen LogP contribution in [0.15, 0.2) is 24.3 Å². The molecule has 0 atom stereocenters. The van der Waals surface area contributed by atoms with E-state index in [9.17, 15) is 24.0 Å².